The Bertz CT molecular complexity index is 268. The summed E-state index contributed by atoms with van der Waals surface area (Å²) in [5.41, 5.74) is 10.1. The van der Waals surface area contributed by atoms with Gasteiger partial charge in [-0.05, 0) is 5.92 Å². The molecular weight excluding hydrogens is 250 g/mol. The molecule has 1 atom stereocenters. The zero-order chi connectivity index (χ0) is 16.0. The highest BCUT2D eigenvalue weighted by molar-refractivity contribution is 5.87. The van der Waals surface area contributed by atoms with E-state index in [1.807, 2.05) is 13.8 Å². The van der Waals surface area contributed by atoms with Crippen LogP contribution in [-0.2, 0) is 14.4 Å². The zero-order valence-corrected chi connectivity index (χ0v) is 12.4. The molecule has 0 rings (SSSR count). The Morgan fingerprint density at radius 1 is 1.21 bits per heavy atom. The van der Waals surface area contributed by atoms with Crippen LogP contribution in [0.4, 0.5) is 0 Å². The van der Waals surface area contributed by atoms with Gasteiger partial charge >= 0.3 is 5.97 Å². The molecule has 0 heterocycles. The van der Waals surface area contributed by atoms with E-state index < -0.39 is 17.9 Å². The molecule has 6 N–H and O–H groups in total. The Labute approximate surface area is 114 Å². The van der Waals surface area contributed by atoms with Crippen molar-refractivity contribution >= 4 is 17.8 Å². The molecule has 2 amide bonds. The number of carbonyl (C=O) groups is 3. The fraction of sp³-hybridized carbons (Fsp3) is 0.750. The second kappa shape index (κ2) is 14.4. The molecule has 114 valence electrons. The smallest absolute Gasteiger partial charge is 0.303 e. The summed E-state index contributed by atoms with van der Waals surface area (Å²) in [5.74, 6) is -1.66. The fourth-order valence-electron chi connectivity index (χ4n) is 0.799. The lowest BCUT2D eigenvalue weighted by atomic mass is 10.0. The molecule has 0 spiro atoms. The van der Waals surface area contributed by atoms with Gasteiger partial charge in [-0.2, -0.15) is 0 Å². The van der Waals surface area contributed by atoms with Crippen molar-refractivity contribution < 1.29 is 19.5 Å². The van der Waals surface area contributed by atoms with Gasteiger partial charge in [0, 0.05) is 6.42 Å². The largest absolute Gasteiger partial charge is 0.481 e. The standard InChI is InChI=1S/C7H15N3O2.C3H6O2.C2H6/c1-4(2)6(7(9)12)10-5(11)3-8;1-2-3(4)5;1-2/h4,6H,3,8H2,1-2H3,(H2,9,12)(H,10,11);2H2,1H3,(H,4,5);1-2H3. The number of hydrogen-bond donors (Lipinski definition) is 4. The van der Waals surface area contributed by atoms with E-state index in [1.54, 1.807) is 20.8 Å². The average molecular weight is 277 g/mol. The number of rotatable bonds is 5. The zero-order valence-electron chi connectivity index (χ0n) is 12.4. The molecule has 0 saturated heterocycles. The van der Waals surface area contributed by atoms with Crippen LogP contribution in [0.3, 0.4) is 0 Å². The predicted octanol–water partition coefficient (Wildman–Crippen LogP) is 0.0784. The van der Waals surface area contributed by atoms with E-state index in [-0.39, 0.29) is 24.8 Å². The number of carbonyl (C=O) groups excluding carboxylic acids is 2. The molecule has 0 aromatic rings. The summed E-state index contributed by atoms with van der Waals surface area (Å²) >= 11 is 0. The van der Waals surface area contributed by atoms with E-state index in [9.17, 15) is 14.4 Å². The van der Waals surface area contributed by atoms with Crippen LogP contribution in [0.5, 0.6) is 0 Å². The first-order valence-electron chi connectivity index (χ1n) is 6.26. The van der Waals surface area contributed by atoms with Crippen molar-refractivity contribution in [3.63, 3.8) is 0 Å². The van der Waals surface area contributed by atoms with E-state index >= 15 is 0 Å². The van der Waals surface area contributed by atoms with Gasteiger partial charge in [0.1, 0.15) is 6.04 Å². The van der Waals surface area contributed by atoms with E-state index in [0.717, 1.165) is 0 Å². The van der Waals surface area contributed by atoms with Crippen LogP contribution < -0.4 is 16.8 Å². The summed E-state index contributed by atoms with van der Waals surface area (Å²) in [6.07, 6.45) is 0.222. The van der Waals surface area contributed by atoms with Crippen LogP contribution in [0.25, 0.3) is 0 Å². The maximum absolute atomic E-state index is 10.8. The van der Waals surface area contributed by atoms with Gasteiger partial charge in [0.25, 0.3) is 0 Å². The van der Waals surface area contributed by atoms with Crippen molar-refractivity contribution in [3.8, 4) is 0 Å². The third kappa shape index (κ3) is 16.4. The highest BCUT2D eigenvalue weighted by atomic mass is 16.4. The van der Waals surface area contributed by atoms with E-state index in [2.05, 4.69) is 5.32 Å². The van der Waals surface area contributed by atoms with Gasteiger partial charge in [-0.15, -0.1) is 0 Å². The molecule has 0 radical (unpaired) electrons. The fourth-order valence-corrected chi connectivity index (χ4v) is 0.799. The van der Waals surface area contributed by atoms with Crippen LogP contribution in [0.1, 0.15) is 41.0 Å². The molecule has 1 unspecified atom stereocenters. The third-order valence-electron chi connectivity index (χ3n) is 1.78. The first-order valence-corrected chi connectivity index (χ1v) is 6.26. The van der Waals surface area contributed by atoms with Crippen molar-refractivity contribution in [2.24, 2.45) is 17.4 Å². The molecule has 0 aromatic carbocycles. The molecule has 19 heavy (non-hydrogen) atoms. The number of carboxylic acids is 1. The summed E-state index contributed by atoms with van der Waals surface area (Å²) in [5, 5.41) is 10.1. The number of carboxylic acid groups (broad SMARTS) is 1. The minimum absolute atomic E-state index is 0.0157. The lowest BCUT2D eigenvalue weighted by Gasteiger charge is -2.18. The highest BCUT2D eigenvalue weighted by Gasteiger charge is 2.20. The molecule has 0 aliphatic rings. The van der Waals surface area contributed by atoms with E-state index in [4.69, 9.17) is 16.6 Å². The topological polar surface area (TPSA) is 136 Å². The molecule has 0 aliphatic heterocycles. The maximum atomic E-state index is 10.8. The van der Waals surface area contributed by atoms with Gasteiger partial charge < -0.3 is 21.9 Å². The lowest BCUT2D eigenvalue weighted by molar-refractivity contribution is -0.136. The molecule has 0 bridgehead atoms. The summed E-state index contributed by atoms with van der Waals surface area (Å²) < 4.78 is 0. The Balaban J connectivity index is -0.000000307. The Morgan fingerprint density at radius 2 is 1.58 bits per heavy atom. The molecule has 7 nitrogen and oxygen atoms in total. The highest BCUT2D eigenvalue weighted by Crippen LogP contribution is 1.99. The molecular formula is C12H27N3O4. The third-order valence-corrected chi connectivity index (χ3v) is 1.78. The van der Waals surface area contributed by atoms with Gasteiger partial charge in [-0.25, -0.2) is 0 Å². The van der Waals surface area contributed by atoms with Gasteiger partial charge in [0.15, 0.2) is 0 Å². The molecule has 7 heteroatoms. The van der Waals surface area contributed by atoms with Crippen LogP contribution >= 0.6 is 0 Å². The summed E-state index contributed by atoms with van der Waals surface area (Å²) in [6, 6.07) is -0.624. The van der Waals surface area contributed by atoms with Crippen molar-refractivity contribution in [2.75, 3.05) is 6.54 Å². The number of hydrogen-bond acceptors (Lipinski definition) is 4. The maximum Gasteiger partial charge on any atom is 0.303 e. The number of primary amides is 1. The van der Waals surface area contributed by atoms with Crippen molar-refractivity contribution in [1.29, 1.82) is 0 Å². The van der Waals surface area contributed by atoms with Gasteiger partial charge in [0.05, 0.1) is 6.54 Å². The van der Waals surface area contributed by atoms with Gasteiger partial charge in [-0.3, -0.25) is 14.4 Å². The molecule has 0 aromatic heterocycles. The predicted molar refractivity (Wildman–Crippen MR) is 74.3 cm³/mol. The van der Waals surface area contributed by atoms with Crippen LogP contribution in [0.2, 0.25) is 0 Å². The second-order valence-corrected chi connectivity index (χ2v) is 3.64. The Hall–Kier alpha value is -1.63. The number of aliphatic carboxylic acids is 1. The number of amides is 2. The van der Waals surface area contributed by atoms with Crippen molar-refractivity contribution in [2.45, 2.75) is 47.1 Å². The lowest BCUT2D eigenvalue weighted by Crippen LogP contribution is -2.49. The van der Waals surface area contributed by atoms with E-state index in [0.29, 0.717) is 0 Å². The van der Waals surface area contributed by atoms with Gasteiger partial charge in [-0.1, -0.05) is 34.6 Å². The minimum atomic E-state index is -0.745. The number of nitrogens with one attached hydrogen (secondary N) is 1. The first-order chi connectivity index (χ1) is 8.76. The SMILES string of the molecule is CC.CC(C)C(NC(=O)CN)C(N)=O.CCC(=O)O. The van der Waals surface area contributed by atoms with Crippen molar-refractivity contribution in [3.05, 3.63) is 0 Å². The first kappa shape index (κ1) is 22.5. The van der Waals surface area contributed by atoms with Crippen molar-refractivity contribution in [1.82, 2.24) is 5.32 Å². The van der Waals surface area contributed by atoms with E-state index in [1.165, 1.54) is 0 Å². The minimum Gasteiger partial charge on any atom is -0.481 e. The quantitative estimate of drug-likeness (QED) is 0.564. The second-order valence-electron chi connectivity index (χ2n) is 3.64. The normalized spacial score (nSPS) is 10.3. The molecule has 0 aliphatic carbocycles. The van der Waals surface area contributed by atoms with Crippen LogP contribution in [-0.4, -0.2) is 35.5 Å². The van der Waals surface area contributed by atoms with Crippen LogP contribution in [0, 0.1) is 5.92 Å². The molecule has 0 fully saturated rings. The van der Waals surface area contributed by atoms with Gasteiger partial charge in [0.2, 0.25) is 11.8 Å². The molecule has 0 saturated carbocycles. The van der Waals surface area contributed by atoms with Crippen LogP contribution in [0.15, 0.2) is 0 Å². The average Bonchev–Trinajstić information content (AvgIpc) is 2.37. The monoisotopic (exact) mass is 277 g/mol. The Kier molecular flexibility index (Phi) is 17.1. The Morgan fingerprint density at radius 3 is 1.74 bits per heavy atom. The summed E-state index contributed by atoms with van der Waals surface area (Å²) in [4.78, 5) is 30.9. The summed E-state index contributed by atoms with van der Waals surface area (Å²) in [6.45, 7) is 9.07. The number of nitrogens with two attached hydrogens (primary N) is 2. The summed E-state index contributed by atoms with van der Waals surface area (Å²) in [7, 11) is 0.